The topological polar surface area (TPSA) is 52.6 Å². The maximum atomic E-state index is 11.9. The number of carbonyl (C=O) groups is 1. The summed E-state index contributed by atoms with van der Waals surface area (Å²) in [7, 11) is 0. The van der Waals surface area contributed by atoms with Crippen LogP contribution in [0.15, 0.2) is 30.9 Å². The molecular formula is C14H18Cl2N2O2. The average molecular weight is 317 g/mol. The zero-order chi connectivity index (χ0) is 15.0. The molecule has 0 aliphatic rings. The summed E-state index contributed by atoms with van der Waals surface area (Å²) in [6.07, 6.45) is 2.04. The second-order valence-electron chi connectivity index (χ2n) is 4.24. The smallest absolute Gasteiger partial charge is 0.225 e. The maximum Gasteiger partial charge on any atom is 0.225 e. The number of nitrogens with one attached hydrogen (secondary N) is 1. The first-order chi connectivity index (χ1) is 9.56. The fourth-order valence-corrected chi connectivity index (χ4v) is 2.02. The Balaban J connectivity index is 2.50. The van der Waals surface area contributed by atoms with Crippen molar-refractivity contribution in [3.8, 4) is 0 Å². The van der Waals surface area contributed by atoms with E-state index in [-0.39, 0.29) is 12.5 Å². The molecule has 2 N–H and O–H groups in total. The SMILES string of the molecule is C=CCN(CCO)CCC(=O)Nc1cc(Cl)ccc1Cl. The molecule has 0 unspecified atom stereocenters. The van der Waals surface area contributed by atoms with E-state index in [1.807, 2.05) is 4.90 Å². The Morgan fingerprint density at radius 1 is 1.40 bits per heavy atom. The van der Waals surface area contributed by atoms with Gasteiger partial charge in [0.2, 0.25) is 5.91 Å². The quantitative estimate of drug-likeness (QED) is 0.725. The predicted octanol–water partition coefficient (Wildman–Crippen LogP) is 2.80. The van der Waals surface area contributed by atoms with Gasteiger partial charge in [0.15, 0.2) is 0 Å². The van der Waals surface area contributed by atoms with Gasteiger partial charge >= 0.3 is 0 Å². The molecule has 0 heterocycles. The number of aliphatic hydroxyl groups excluding tert-OH is 1. The first-order valence-corrected chi connectivity index (χ1v) is 7.01. The van der Waals surface area contributed by atoms with Crippen molar-refractivity contribution < 1.29 is 9.90 Å². The Morgan fingerprint density at radius 2 is 2.15 bits per heavy atom. The van der Waals surface area contributed by atoms with Gasteiger partial charge in [-0.15, -0.1) is 6.58 Å². The molecule has 0 saturated carbocycles. The highest BCUT2D eigenvalue weighted by atomic mass is 35.5. The number of rotatable bonds is 8. The van der Waals surface area contributed by atoms with E-state index in [4.69, 9.17) is 28.3 Å². The molecule has 0 aliphatic heterocycles. The number of aliphatic hydroxyl groups is 1. The molecule has 20 heavy (non-hydrogen) atoms. The summed E-state index contributed by atoms with van der Waals surface area (Å²) in [6.45, 7) is 5.37. The van der Waals surface area contributed by atoms with E-state index in [9.17, 15) is 4.79 Å². The molecular weight excluding hydrogens is 299 g/mol. The van der Waals surface area contributed by atoms with E-state index in [1.165, 1.54) is 0 Å². The average Bonchev–Trinajstić information content (AvgIpc) is 2.41. The highest BCUT2D eigenvalue weighted by molar-refractivity contribution is 6.35. The highest BCUT2D eigenvalue weighted by Gasteiger charge is 2.09. The largest absolute Gasteiger partial charge is 0.395 e. The van der Waals surface area contributed by atoms with Crippen LogP contribution in [0.1, 0.15) is 6.42 Å². The molecule has 0 fully saturated rings. The van der Waals surface area contributed by atoms with Crippen molar-refractivity contribution in [2.75, 3.05) is 31.6 Å². The van der Waals surface area contributed by atoms with Gasteiger partial charge in [0, 0.05) is 31.1 Å². The molecule has 0 aromatic heterocycles. The van der Waals surface area contributed by atoms with Crippen molar-refractivity contribution in [1.29, 1.82) is 0 Å². The number of hydrogen-bond acceptors (Lipinski definition) is 3. The molecule has 0 bridgehead atoms. The minimum absolute atomic E-state index is 0.0512. The molecule has 6 heteroatoms. The predicted molar refractivity (Wildman–Crippen MR) is 83.4 cm³/mol. The molecule has 0 spiro atoms. The fourth-order valence-electron chi connectivity index (χ4n) is 1.68. The lowest BCUT2D eigenvalue weighted by Crippen LogP contribution is -2.30. The van der Waals surface area contributed by atoms with Crippen molar-refractivity contribution >= 4 is 34.8 Å². The van der Waals surface area contributed by atoms with E-state index in [2.05, 4.69) is 11.9 Å². The lowest BCUT2D eigenvalue weighted by molar-refractivity contribution is -0.116. The Bertz CT molecular complexity index is 466. The Labute approximate surface area is 129 Å². The standard InChI is InChI=1S/C14H18Cl2N2O2/c1-2-6-18(8-9-19)7-5-14(20)17-13-10-11(15)3-4-12(13)16/h2-4,10,19H,1,5-9H2,(H,17,20). The maximum absolute atomic E-state index is 11.9. The number of carbonyl (C=O) groups excluding carboxylic acids is 1. The number of anilines is 1. The van der Waals surface area contributed by atoms with Crippen LogP contribution in [-0.2, 0) is 4.79 Å². The Kier molecular flexibility index (Phi) is 7.62. The fraction of sp³-hybridized carbons (Fsp3) is 0.357. The molecule has 110 valence electrons. The minimum atomic E-state index is -0.152. The molecule has 0 radical (unpaired) electrons. The minimum Gasteiger partial charge on any atom is -0.395 e. The van der Waals surface area contributed by atoms with Crippen molar-refractivity contribution in [2.24, 2.45) is 0 Å². The lowest BCUT2D eigenvalue weighted by Gasteiger charge is -2.19. The van der Waals surface area contributed by atoms with Crippen LogP contribution in [0.4, 0.5) is 5.69 Å². The highest BCUT2D eigenvalue weighted by Crippen LogP contribution is 2.25. The number of benzene rings is 1. The second-order valence-corrected chi connectivity index (χ2v) is 5.08. The summed E-state index contributed by atoms with van der Waals surface area (Å²) in [6, 6.07) is 4.90. The molecule has 1 aromatic carbocycles. The number of halogens is 2. The zero-order valence-corrected chi connectivity index (χ0v) is 12.6. The van der Waals surface area contributed by atoms with Gasteiger partial charge in [-0.3, -0.25) is 9.69 Å². The van der Waals surface area contributed by atoms with E-state index in [1.54, 1.807) is 24.3 Å². The van der Waals surface area contributed by atoms with Crippen LogP contribution in [0.5, 0.6) is 0 Å². The van der Waals surface area contributed by atoms with Crippen molar-refractivity contribution in [3.05, 3.63) is 40.9 Å². The second kappa shape index (κ2) is 8.97. The molecule has 1 aromatic rings. The Morgan fingerprint density at radius 3 is 2.80 bits per heavy atom. The van der Waals surface area contributed by atoms with Gasteiger partial charge in [-0.05, 0) is 18.2 Å². The van der Waals surface area contributed by atoms with Gasteiger partial charge in [-0.2, -0.15) is 0 Å². The number of amides is 1. The van der Waals surface area contributed by atoms with Crippen LogP contribution in [0.2, 0.25) is 10.0 Å². The summed E-state index contributed by atoms with van der Waals surface area (Å²) in [5.74, 6) is -0.152. The van der Waals surface area contributed by atoms with Crippen LogP contribution in [0, 0.1) is 0 Å². The first-order valence-electron chi connectivity index (χ1n) is 6.26. The van der Waals surface area contributed by atoms with Crippen LogP contribution in [0.3, 0.4) is 0 Å². The molecule has 4 nitrogen and oxygen atoms in total. The zero-order valence-electron chi connectivity index (χ0n) is 11.1. The third-order valence-electron chi connectivity index (χ3n) is 2.66. The molecule has 0 saturated heterocycles. The van der Waals surface area contributed by atoms with E-state index >= 15 is 0 Å². The van der Waals surface area contributed by atoms with E-state index in [0.29, 0.717) is 41.8 Å². The number of nitrogens with zero attached hydrogens (tertiary/aromatic N) is 1. The van der Waals surface area contributed by atoms with Crippen LogP contribution < -0.4 is 5.32 Å². The van der Waals surface area contributed by atoms with Crippen LogP contribution >= 0.6 is 23.2 Å². The van der Waals surface area contributed by atoms with Crippen molar-refractivity contribution in [3.63, 3.8) is 0 Å². The third-order valence-corrected chi connectivity index (χ3v) is 3.23. The summed E-state index contributed by atoms with van der Waals surface area (Å²) >= 11 is 11.8. The monoisotopic (exact) mass is 316 g/mol. The summed E-state index contributed by atoms with van der Waals surface area (Å²) in [5.41, 5.74) is 0.501. The van der Waals surface area contributed by atoms with E-state index < -0.39 is 0 Å². The van der Waals surface area contributed by atoms with Gasteiger partial charge in [0.1, 0.15) is 0 Å². The first kappa shape index (κ1) is 17.0. The van der Waals surface area contributed by atoms with Crippen molar-refractivity contribution in [2.45, 2.75) is 6.42 Å². The van der Waals surface area contributed by atoms with Gasteiger partial charge in [0.05, 0.1) is 17.3 Å². The molecule has 0 aliphatic carbocycles. The third kappa shape index (κ3) is 5.92. The normalized spacial score (nSPS) is 10.6. The molecule has 1 amide bonds. The lowest BCUT2D eigenvalue weighted by atomic mass is 10.3. The number of hydrogen-bond donors (Lipinski definition) is 2. The van der Waals surface area contributed by atoms with Crippen LogP contribution in [0.25, 0.3) is 0 Å². The van der Waals surface area contributed by atoms with Gasteiger partial charge in [0.25, 0.3) is 0 Å². The molecule has 1 rings (SSSR count). The van der Waals surface area contributed by atoms with Gasteiger partial charge in [-0.1, -0.05) is 29.3 Å². The van der Waals surface area contributed by atoms with Crippen molar-refractivity contribution in [1.82, 2.24) is 4.90 Å². The summed E-state index contributed by atoms with van der Waals surface area (Å²) in [5, 5.41) is 12.6. The van der Waals surface area contributed by atoms with Gasteiger partial charge in [-0.25, -0.2) is 0 Å². The molecule has 0 atom stereocenters. The van der Waals surface area contributed by atoms with Crippen LogP contribution in [-0.4, -0.2) is 42.2 Å². The van der Waals surface area contributed by atoms with Gasteiger partial charge < -0.3 is 10.4 Å². The van der Waals surface area contributed by atoms with E-state index in [0.717, 1.165) is 0 Å². The Hall–Kier alpha value is -1.07. The summed E-state index contributed by atoms with van der Waals surface area (Å²) < 4.78 is 0. The summed E-state index contributed by atoms with van der Waals surface area (Å²) in [4.78, 5) is 13.8.